The van der Waals surface area contributed by atoms with Gasteiger partial charge in [-0.15, -0.1) is 0 Å². The molecule has 2 amide bonds. The maximum atomic E-state index is 14.5. The van der Waals surface area contributed by atoms with Gasteiger partial charge in [0.25, 0.3) is 0 Å². The number of nitrogens with one attached hydrogen (secondary N) is 1. The number of sulfonamides is 1. The van der Waals surface area contributed by atoms with Crippen LogP contribution in [-0.4, -0.2) is 50.0 Å². The average molecular weight is 594 g/mol. The lowest BCUT2D eigenvalue weighted by Crippen LogP contribution is -2.52. The number of carbonyl (C=O) groups excluding carboxylic acids is 2. The molecule has 0 heterocycles. The van der Waals surface area contributed by atoms with Gasteiger partial charge in [-0.1, -0.05) is 79.6 Å². The summed E-state index contributed by atoms with van der Waals surface area (Å²) in [4.78, 5) is 29.4. The number of hydrogen-bond donors (Lipinski definition) is 1. The quantitative estimate of drug-likeness (QED) is 0.288. The summed E-state index contributed by atoms with van der Waals surface area (Å²) in [5.41, 5.74) is 2.83. The van der Waals surface area contributed by atoms with Gasteiger partial charge in [-0.2, -0.15) is 0 Å². The van der Waals surface area contributed by atoms with Crippen LogP contribution in [0.3, 0.4) is 0 Å². The predicted molar refractivity (Wildman–Crippen MR) is 164 cm³/mol. The smallest absolute Gasteiger partial charge is 0.243 e. The van der Waals surface area contributed by atoms with Crippen molar-refractivity contribution in [1.29, 1.82) is 0 Å². The molecule has 4 rings (SSSR count). The third-order valence-corrected chi connectivity index (χ3v) is 9.03. The zero-order valence-corrected chi connectivity index (χ0v) is 25.2. The van der Waals surface area contributed by atoms with Crippen molar-refractivity contribution in [3.05, 3.63) is 101 Å². The number of anilines is 1. The largest absolute Gasteiger partial charge is 0.352 e. The van der Waals surface area contributed by atoms with Crippen LogP contribution < -0.4 is 9.62 Å². The van der Waals surface area contributed by atoms with E-state index in [0.29, 0.717) is 6.42 Å². The van der Waals surface area contributed by atoms with Crippen LogP contribution in [0.15, 0.2) is 78.9 Å². The van der Waals surface area contributed by atoms with Crippen LogP contribution in [0.5, 0.6) is 0 Å². The highest BCUT2D eigenvalue weighted by molar-refractivity contribution is 7.92. The number of benzene rings is 3. The van der Waals surface area contributed by atoms with Gasteiger partial charge in [0.15, 0.2) is 0 Å². The van der Waals surface area contributed by atoms with E-state index < -0.39 is 21.9 Å². The summed E-state index contributed by atoms with van der Waals surface area (Å²) in [6, 6.07) is 22.4. The van der Waals surface area contributed by atoms with E-state index in [1.54, 1.807) is 11.0 Å². The Bertz CT molecular complexity index is 1460. The minimum absolute atomic E-state index is 0.00560. The second kappa shape index (κ2) is 14.4. The Morgan fingerprint density at radius 3 is 2.26 bits per heavy atom. The number of aryl methyl sites for hydroxylation is 1. The van der Waals surface area contributed by atoms with Crippen molar-refractivity contribution < 1.29 is 22.4 Å². The van der Waals surface area contributed by atoms with Crippen molar-refractivity contribution in [3.63, 3.8) is 0 Å². The number of hydrogen-bond acceptors (Lipinski definition) is 4. The number of amides is 2. The van der Waals surface area contributed by atoms with E-state index in [1.165, 1.54) is 18.2 Å². The lowest BCUT2D eigenvalue weighted by molar-refractivity contribution is -0.141. The van der Waals surface area contributed by atoms with E-state index in [9.17, 15) is 22.4 Å². The Labute approximate surface area is 248 Å². The Morgan fingerprint density at radius 1 is 0.952 bits per heavy atom. The van der Waals surface area contributed by atoms with E-state index in [0.717, 1.165) is 52.9 Å². The van der Waals surface area contributed by atoms with Crippen LogP contribution in [0, 0.1) is 12.7 Å². The highest BCUT2D eigenvalue weighted by atomic mass is 32.2. The monoisotopic (exact) mass is 593 g/mol. The molecule has 3 aromatic carbocycles. The zero-order chi connectivity index (χ0) is 30.1. The maximum Gasteiger partial charge on any atom is 0.243 e. The fourth-order valence-corrected chi connectivity index (χ4v) is 6.50. The molecule has 1 aliphatic rings. The first-order valence-electron chi connectivity index (χ1n) is 14.5. The fourth-order valence-electron chi connectivity index (χ4n) is 5.53. The molecule has 0 bridgehead atoms. The molecule has 0 aromatic heterocycles. The molecule has 0 spiro atoms. The van der Waals surface area contributed by atoms with Gasteiger partial charge >= 0.3 is 0 Å². The fraction of sp³-hybridized carbons (Fsp3) is 0.394. The molecule has 0 unspecified atom stereocenters. The Kier molecular flexibility index (Phi) is 10.7. The summed E-state index contributed by atoms with van der Waals surface area (Å²) >= 11 is 0. The third-order valence-electron chi connectivity index (χ3n) is 7.85. The molecule has 1 fully saturated rings. The molecule has 0 saturated heterocycles. The molecular weight excluding hydrogens is 553 g/mol. The highest BCUT2D eigenvalue weighted by Crippen LogP contribution is 2.24. The summed E-state index contributed by atoms with van der Waals surface area (Å²) in [7, 11) is -3.79. The van der Waals surface area contributed by atoms with E-state index in [2.05, 4.69) is 5.32 Å². The van der Waals surface area contributed by atoms with Crippen molar-refractivity contribution in [1.82, 2.24) is 10.2 Å². The van der Waals surface area contributed by atoms with Crippen LogP contribution in [0.25, 0.3) is 0 Å². The SMILES string of the molecule is Cc1ccccc1CN(C(=O)CCCN(c1ccccc1F)S(C)(=O)=O)[C@H](Cc1ccccc1)C(=O)NC1CCCC1. The van der Waals surface area contributed by atoms with Gasteiger partial charge in [-0.3, -0.25) is 13.9 Å². The number of para-hydroxylation sites is 1. The Hall–Kier alpha value is -3.72. The van der Waals surface area contributed by atoms with E-state index in [-0.39, 0.29) is 49.5 Å². The summed E-state index contributed by atoms with van der Waals surface area (Å²) in [6.07, 6.45) is 5.51. The van der Waals surface area contributed by atoms with Gasteiger partial charge in [0.1, 0.15) is 11.9 Å². The lowest BCUT2D eigenvalue weighted by Gasteiger charge is -2.33. The van der Waals surface area contributed by atoms with Gasteiger partial charge in [0, 0.05) is 32.0 Å². The molecule has 1 aliphatic carbocycles. The molecule has 3 aromatic rings. The van der Waals surface area contributed by atoms with E-state index in [1.807, 2.05) is 61.5 Å². The first kappa shape index (κ1) is 31.2. The second-order valence-corrected chi connectivity index (χ2v) is 12.9. The minimum Gasteiger partial charge on any atom is -0.352 e. The van der Waals surface area contributed by atoms with Crippen molar-refractivity contribution in [2.24, 2.45) is 0 Å². The molecule has 1 atom stereocenters. The molecule has 0 aliphatic heterocycles. The van der Waals surface area contributed by atoms with Crippen molar-refractivity contribution in [2.45, 2.75) is 70.5 Å². The summed E-state index contributed by atoms with van der Waals surface area (Å²) in [5.74, 6) is -1.10. The summed E-state index contributed by atoms with van der Waals surface area (Å²) in [6.45, 7) is 2.15. The number of rotatable bonds is 13. The van der Waals surface area contributed by atoms with Crippen molar-refractivity contribution in [2.75, 3.05) is 17.1 Å². The molecule has 9 heteroatoms. The van der Waals surface area contributed by atoms with Crippen LogP contribution in [0.2, 0.25) is 0 Å². The van der Waals surface area contributed by atoms with Gasteiger partial charge < -0.3 is 10.2 Å². The number of halogens is 1. The molecule has 42 heavy (non-hydrogen) atoms. The number of nitrogens with zero attached hydrogens (tertiary/aromatic N) is 2. The molecule has 7 nitrogen and oxygen atoms in total. The van der Waals surface area contributed by atoms with E-state index in [4.69, 9.17) is 0 Å². The van der Waals surface area contributed by atoms with Gasteiger partial charge in [-0.05, 0) is 55.0 Å². The molecular formula is C33H40FN3O4S. The highest BCUT2D eigenvalue weighted by Gasteiger charge is 2.32. The summed E-state index contributed by atoms with van der Waals surface area (Å²) in [5, 5.41) is 3.19. The van der Waals surface area contributed by atoms with Gasteiger partial charge in [0.2, 0.25) is 21.8 Å². The predicted octanol–water partition coefficient (Wildman–Crippen LogP) is 5.38. The molecule has 1 N–H and O–H groups in total. The lowest BCUT2D eigenvalue weighted by atomic mass is 10.0. The Morgan fingerprint density at radius 2 is 1.60 bits per heavy atom. The standard InChI is InChI=1S/C33H40FN3O4S/c1-25-13-6-7-16-27(25)24-36(31(23-26-14-4-3-5-15-26)33(39)35-28-17-8-9-18-28)32(38)21-12-22-37(42(2,40)41)30-20-11-10-19-29(30)34/h3-7,10-11,13-16,19-20,28,31H,8-9,12,17-18,21-24H2,1-2H3,(H,35,39)/t31-/m1/s1. The molecule has 224 valence electrons. The first-order valence-corrected chi connectivity index (χ1v) is 16.4. The summed E-state index contributed by atoms with van der Waals surface area (Å²) < 4.78 is 40.6. The van der Waals surface area contributed by atoms with Gasteiger partial charge in [0.05, 0.1) is 11.9 Å². The van der Waals surface area contributed by atoms with E-state index >= 15 is 0 Å². The van der Waals surface area contributed by atoms with Crippen LogP contribution in [-0.2, 0) is 32.6 Å². The van der Waals surface area contributed by atoms with Gasteiger partial charge in [-0.25, -0.2) is 12.8 Å². The van der Waals surface area contributed by atoms with Crippen molar-refractivity contribution in [3.8, 4) is 0 Å². The normalized spacial score (nSPS) is 14.4. The number of carbonyl (C=O) groups is 2. The second-order valence-electron chi connectivity index (χ2n) is 11.0. The minimum atomic E-state index is -3.79. The first-order chi connectivity index (χ1) is 20.1. The maximum absolute atomic E-state index is 14.5. The average Bonchev–Trinajstić information content (AvgIpc) is 3.47. The van der Waals surface area contributed by atoms with Crippen molar-refractivity contribution >= 4 is 27.5 Å². The van der Waals surface area contributed by atoms with Crippen LogP contribution in [0.4, 0.5) is 10.1 Å². The van der Waals surface area contributed by atoms with Crippen LogP contribution >= 0.6 is 0 Å². The van der Waals surface area contributed by atoms with Crippen LogP contribution in [0.1, 0.15) is 55.2 Å². The Balaban J connectivity index is 1.60. The third kappa shape index (κ3) is 8.41. The zero-order valence-electron chi connectivity index (χ0n) is 24.3. The topological polar surface area (TPSA) is 86.8 Å². The molecule has 0 radical (unpaired) electrons. The molecule has 1 saturated carbocycles.